The van der Waals surface area contributed by atoms with Gasteiger partial charge in [-0.25, -0.2) is 0 Å². The maximum Gasteiger partial charge on any atom is 0.306 e. The van der Waals surface area contributed by atoms with Gasteiger partial charge in [-0.2, -0.15) is 0 Å². The highest BCUT2D eigenvalue weighted by Gasteiger charge is 2.34. The Morgan fingerprint density at radius 1 is 0.645 bits per heavy atom. The second-order valence-corrected chi connectivity index (χ2v) is 8.64. The van der Waals surface area contributed by atoms with Crippen molar-refractivity contribution in [3.05, 3.63) is 0 Å². The minimum absolute atomic E-state index is 0.148. The zero-order chi connectivity index (χ0) is 23.3. The Morgan fingerprint density at radius 2 is 1.03 bits per heavy atom. The number of aliphatic hydroxyl groups is 5. The quantitative estimate of drug-likeness (QED) is 0.127. The molecule has 0 spiro atoms. The maximum absolute atomic E-state index is 12.0. The Labute approximate surface area is 188 Å². The summed E-state index contributed by atoms with van der Waals surface area (Å²) in [4.78, 5) is 12.0. The topological polar surface area (TPSA) is 127 Å². The Hall–Kier alpha value is -0.730. The van der Waals surface area contributed by atoms with E-state index in [9.17, 15) is 20.1 Å². The van der Waals surface area contributed by atoms with Crippen molar-refractivity contribution < 1.29 is 35.1 Å². The van der Waals surface area contributed by atoms with Crippen molar-refractivity contribution in [2.45, 2.75) is 134 Å². The number of carbonyl (C=O) groups excluding carboxylic acids is 1. The van der Waals surface area contributed by atoms with E-state index in [2.05, 4.69) is 6.92 Å². The summed E-state index contributed by atoms with van der Waals surface area (Å²) in [6, 6.07) is 0. The first kappa shape index (κ1) is 30.3. The first-order valence-corrected chi connectivity index (χ1v) is 12.4. The summed E-state index contributed by atoms with van der Waals surface area (Å²) >= 11 is 0. The van der Waals surface area contributed by atoms with Crippen molar-refractivity contribution in [3.8, 4) is 0 Å². The number of hydrogen-bond donors (Lipinski definition) is 5. The van der Waals surface area contributed by atoms with E-state index in [4.69, 9.17) is 14.9 Å². The maximum atomic E-state index is 12.0. The van der Waals surface area contributed by atoms with Gasteiger partial charge in [0.15, 0.2) is 6.10 Å². The predicted octanol–water partition coefficient (Wildman–Crippen LogP) is 3.23. The highest BCUT2D eigenvalue weighted by atomic mass is 16.6. The molecule has 0 aliphatic carbocycles. The molecule has 0 aromatic carbocycles. The van der Waals surface area contributed by atoms with Crippen LogP contribution in [0.1, 0.15) is 110 Å². The molecule has 0 fully saturated rings. The van der Waals surface area contributed by atoms with Gasteiger partial charge in [-0.15, -0.1) is 0 Å². The molecule has 0 rings (SSSR count). The smallest absolute Gasteiger partial charge is 0.306 e. The summed E-state index contributed by atoms with van der Waals surface area (Å²) in [6.45, 7) is 0.773. The van der Waals surface area contributed by atoms with Gasteiger partial charge in [0.2, 0.25) is 0 Å². The van der Waals surface area contributed by atoms with E-state index >= 15 is 0 Å². The third-order valence-electron chi connectivity index (χ3n) is 5.74. The Morgan fingerprint density at radius 3 is 1.42 bits per heavy atom. The Kier molecular flexibility index (Phi) is 20.6. The second-order valence-electron chi connectivity index (χ2n) is 8.64. The first-order chi connectivity index (χ1) is 15.0. The van der Waals surface area contributed by atoms with E-state index in [-0.39, 0.29) is 6.42 Å². The zero-order valence-electron chi connectivity index (χ0n) is 19.6. The lowest BCUT2D eigenvalue weighted by atomic mass is 10.0. The van der Waals surface area contributed by atoms with Crippen LogP contribution in [0.4, 0.5) is 0 Å². The molecule has 0 unspecified atom stereocenters. The van der Waals surface area contributed by atoms with Crippen LogP contribution in [0.15, 0.2) is 0 Å². The van der Waals surface area contributed by atoms with E-state index in [0.29, 0.717) is 6.42 Å². The van der Waals surface area contributed by atoms with Gasteiger partial charge in [0.25, 0.3) is 0 Å². The van der Waals surface area contributed by atoms with Crippen molar-refractivity contribution in [1.29, 1.82) is 0 Å². The Bertz CT molecular complexity index is 405. The molecule has 7 nitrogen and oxygen atoms in total. The van der Waals surface area contributed by atoms with Gasteiger partial charge in [-0.3, -0.25) is 4.79 Å². The third-order valence-corrected chi connectivity index (χ3v) is 5.74. The molecule has 0 radical (unpaired) electrons. The average molecular weight is 449 g/mol. The molecule has 0 saturated heterocycles. The van der Waals surface area contributed by atoms with Gasteiger partial charge in [0, 0.05) is 6.42 Å². The Balaban J connectivity index is 3.67. The minimum atomic E-state index is -1.67. The molecule has 0 amide bonds. The molecule has 0 aromatic rings. The molecule has 186 valence electrons. The van der Waals surface area contributed by atoms with Crippen LogP contribution in [-0.4, -0.2) is 69.1 Å². The molecule has 0 bridgehead atoms. The summed E-state index contributed by atoms with van der Waals surface area (Å²) in [6.07, 6.45) is 12.3. The number of ether oxygens (including phenoxy) is 1. The fourth-order valence-corrected chi connectivity index (χ4v) is 3.66. The van der Waals surface area contributed by atoms with Crippen LogP contribution in [0.25, 0.3) is 0 Å². The zero-order valence-corrected chi connectivity index (χ0v) is 19.6. The van der Waals surface area contributed by atoms with Crippen LogP contribution in [0.5, 0.6) is 0 Å². The molecule has 31 heavy (non-hydrogen) atoms. The van der Waals surface area contributed by atoms with Gasteiger partial charge in [-0.1, -0.05) is 96.8 Å². The normalized spacial score (nSPS) is 15.4. The van der Waals surface area contributed by atoms with E-state index in [1.165, 1.54) is 70.6 Å². The van der Waals surface area contributed by atoms with Gasteiger partial charge in [0.1, 0.15) is 18.3 Å². The predicted molar refractivity (Wildman–Crippen MR) is 122 cm³/mol. The number of carbonyl (C=O) groups is 1. The second kappa shape index (κ2) is 21.1. The molecule has 0 aromatic heterocycles. The van der Waals surface area contributed by atoms with Crippen LogP contribution < -0.4 is 0 Å². The lowest BCUT2D eigenvalue weighted by Gasteiger charge is -2.28. The molecular formula is C24H48O7. The van der Waals surface area contributed by atoms with E-state index in [1.54, 1.807) is 0 Å². The van der Waals surface area contributed by atoms with Crippen LogP contribution in [0.3, 0.4) is 0 Å². The van der Waals surface area contributed by atoms with Gasteiger partial charge >= 0.3 is 5.97 Å². The van der Waals surface area contributed by atoms with Crippen LogP contribution in [0.2, 0.25) is 0 Å². The van der Waals surface area contributed by atoms with Crippen molar-refractivity contribution in [1.82, 2.24) is 0 Å². The van der Waals surface area contributed by atoms with E-state index in [0.717, 1.165) is 19.3 Å². The van der Waals surface area contributed by atoms with Crippen molar-refractivity contribution in [3.63, 3.8) is 0 Å². The summed E-state index contributed by atoms with van der Waals surface area (Å²) in [5.41, 5.74) is 0. The standard InChI is InChI=1S/C24H48O7/c1-2-3-4-5-6-7-8-9-10-11-12-13-14-15-16-17-22(29)31-24(21(28)19-26)23(30)20(27)18-25/h20-21,23-28,30H,2-19H2,1H3/t20-,21-,23-,24-/m0/s1. The minimum Gasteiger partial charge on any atom is -0.457 e. The fraction of sp³-hybridized carbons (Fsp3) is 0.958. The van der Waals surface area contributed by atoms with Crippen LogP contribution >= 0.6 is 0 Å². The number of aliphatic hydroxyl groups excluding tert-OH is 5. The van der Waals surface area contributed by atoms with Crippen molar-refractivity contribution in [2.75, 3.05) is 13.2 Å². The molecule has 0 heterocycles. The third kappa shape index (κ3) is 16.5. The van der Waals surface area contributed by atoms with Crippen LogP contribution in [-0.2, 0) is 9.53 Å². The van der Waals surface area contributed by atoms with E-state index in [1.807, 2.05) is 0 Å². The molecule has 0 aliphatic heterocycles. The summed E-state index contributed by atoms with van der Waals surface area (Å²) in [7, 11) is 0. The van der Waals surface area contributed by atoms with Crippen LogP contribution in [0, 0.1) is 0 Å². The van der Waals surface area contributed by atoms with Crippen molar-refractivity contribution in [2.24, 2.45) is 0 Å². The molecular weight excluding hydrogens is 400 g/mol. The average Bonchev–Trinajstić information content (AvgIpc) is 2.78. The highest BCUT2D eigenvalue weighted by molar-refractivity contribution is 5.69. The summed E-state index contributed by atoms with van der Waals surface area (Å²) < 4.78 is 5.04. The number of rotatable bonds is 22. The SMILES string of the molecule is CCCCCCCCCCCCCCCCCC(=O)O[C@H]([C@@H](O)[C@@H](O)CO)[C@@H](O)CO. The fourth-order valence-electron chi connectivity index (χ4n) is 3.66. The van der Waals surface area contributed by atoms with E-state index < -0.39 is 43.6 Å². The number of hydrogen-bond acceptors (Lipinski definition) is 7. The van der Waals surface area contributed by atoms with Gasteiger partial charge in [-0.05, 0) is 6.42 Å². The molecule has 0 aliphatic rings. The number of unbranched alkanes of at least 4 members (excludes halogenated alkanes) is 14. The molecule has 0 saturated carbocycles. The first-order valence-electron chi connectivity index (χ1n) is 12.4. The van der Waals surface area contributed by atoms with Crippen molar-refractivity contribution >= 4 is 5.97 Å². The molecule has 7 heteroatoms. The highest BCUT2D eigenvalue weighted by Crippen LogP contribution is 2.15. The largest absolute Gasteiger partial charge is 0.457 e. The molecule has 4 atom stereocenters. The van der Waals surface area contributed by atoms with Gasteiger partial charge in [0.05, 0.1) is 13.2 Å². The summed E-state index contributed by atoms with van der Waals surface area (Å²) in [5.74, 6) is -0.601. The lowest BCUT2D eigenvalue weighted by Crippen LogP contribution is -2.49. The number of esters is 1. The molecule has 5 N–H and O–H groups in total. The summed E-state index contributed by atoms with van der Waals surface area (Å²) in [5, 5.41) is 47.0. The monoisotopic (exact) mass is 448 g/mol. The van der Waals surface area contributed by atoms with Gasteiger partial charge < -0.3 is 30.3 Å². The lowest BCUT2D eigenvalue weighted by molar-refractivity contribution is -0.177.